The molecule has 0 bridgehead atoms. The van der Waals surface area contributed by atoms with Gasteiger partial charge in [0, 0.05) is 13.1 Å². The van der Waals surface area contributed by atoms with Gasteiger partial charge in [-0.15, -0.1) is 11.3 Å². The van der Waals surface area contributed by atoms with E-state index in [1.165, 1.54) is 40.4 Å². The second kappa shape index (κ2) is 6.18. The van der Waals surface area contributed by atoms with Crippen LogP contribution in [0.15, 0.2) is 51.9 Å². The molecule has 2 aromatic heterocycles. The van der Waals surface area contributed by atoms with E-state index in [0.717, 1.165) is 0 Å². The molecular weight excluding hydrogens is 317 g/mol. The molecule has 0 aliphatic carbocycles. The lowest BCUT2D eigenvalue weighted by molar-refractivity contribution is 0.103. The SMILES string of the molecule is Cn1c(=CC(=O)c2ccco2)sc(=Cc2cccc(F)c2)c1=O. The predicted molar refractivity (Wildman–Crippen MR) is 86.3 cm³/mol. The molecular formula is C17H12FNO3S. The van der Waals surface area contributed by atoms with Crippen LogP contribution in [0.25, 0.3) is 12.2 Å². The van der Waals surface area contributed by atoms with Gasteiger partial charge in [0.1, 0.15) is 10.5 Å². The molecule has 2 heterocycles. The molecule has 0 aliphatic rings. The summed E-state index contributed by atoms with van der Waals surface area (Å²) < 4.78 is 20.6. The molecule has 0 aliphatic heterocycles. The highest BCUT2D eigenvalue weighted by Gasteiger charge is 2.07. The van der Waals surface area contributed by atoms with E-state index in [0.29, 0.717) is 14.8 Å². The Kier molecular flexibility index (Phi) is 4.08. The van der Waals surface area contributed by atoms with Gasteiger partial charge in [0.25, 0.3) is 5.56 Å². The van der Waals surface area contributed by atoms with Crippen LogP contribution in [0.5, 0.6) is 0 Å². The van der Waals surface area contributed by atoms with Gasteiger partial charge >= 0.3 is 0 Å². The maximum atomic E-state index is 13.2. The van der Waals surface area contributed by atoms with Crippen molar-refractivity contribution in [1.82, 2.24) is 4.57 Å². The van der Waals surface area contributed by atoms with Crippen LogP contribution in [0.4, 0.5) is 4.39 Å². The predicted octanol–water partition coefficient (Wildman–Crippen LogP) is 1.67. The van der Waals surface area contributed by atoms with Crippen LogP contribution in [0, 0.1) is 5.82 Å². The summed E-state index contributed by atoms with van der Waals surface area (Å²) in [5.41, 5.74) is 0.352. The summed E-state index contributed by atoms with van der Waals surface area (Å²) in [5, 5.41) is 0. The Morgan fingerprint density at radius 1 is 1.30 bits per heavy atom. The molecule has 0 unspecified atom stereocenters. The molecule has 3 rings (SSSR count). The largest absolute Gasteiger partial charge is 0.461 e. The zero-order chi connectivity index (χ0) is 16.4. The molecule has 0 radical (unpaired) electrons. The fourth-order valence-corrected chi connectivity index (χ4v) is 3.09. The number of halogens is 1. The van der Waals surface area contributed by atoms with Crippen LogP contribution in [0.3, 0.4) is 0 Å². The average Bonchev–Trinajstić information content (AvgIpc) is 3.13. The zero-order valence-electron chi connectivity index (χ0n) is 12.2. The van der Waals surface area contributed by atoms with Crippen molar-refractivity contribution in [3.8, 4) is 0 Å². The van der Waals surface area contributed by atoms with E-state index in [4.69, 9.17) is 4.42 Å². The number of Topliss-reactive ketones (excluding diaryl/α,β-unsaturated/α-hetero) is 1. The van der Waals surface area contributed by atoms with Gasteiger partial charge in [0.05, 0.1) is 10.8 Å². The molecule has 4 nitrogen and oxygen atoms in total. The molecule has 0 amide bonds. The van der Waals surface area contributed by atoms with E-state index in [-0.39, 0.29) is 22.9 Å². The van der Waals surface area contributed by atoms with Gasteiger partial charge < -0.3 is 8.98 Å². The van der Waals surface area contributed by atoms with E-state index in [9.17, 15) is 14.0 Å². The number of hydrogen-bond donors (Lipinski definition) is 0. The molecule has 0 saturated heterocycles. The number of carbonyl (C=O) groups is 1. The lowest BCUT2D eigenvalue weighted by Crippen LogP contribution is -2.29. The number of aromatic nitrogens is 1. The number of thiazole rings is 1. The van der Waals surface area contributed by atoms with E-state index >= 15 is 0 Å². The highest BCUT2D eigenvalue weighted by Crippen LogP contribution is 2.04. The molecule has 0 fully saturated rings. The number of rotatable bonds is 3. The average molecular weight is 329 g/mol. The number of benzene rings is 1. The second-order valence-corrected chi connectivity index (χ2v) is 5.92. The number of ketones is 1. The van der Waals surface area contributed by atoms with E-state index in [1.807, 2.05) is 0 Å². The summed E-state index contributed by atoms with van der Waals surface area (Å²) >= 11 is 1.17. The highest BCUT2D eigenvalue weighted by atomic mass is 32.1. The Bertz CT molecular complexity index is 1030. The summed E-state index contributed by atoms with van der Waals surface area (Å²) in [6.45, 7) is 0. The van der Waals surface area contributed by atoms with Crippen molar-refractivity contribution in [3.05, 3.63) is 79.4 Å². The Morgan fingerprint density at radius 2 is 2.13 bits per heavy atom. The molecule has 6 heteroatoms. The third-order valence-electron chi connectivity index (χ3n) is 3.23. The van der Waals surface area contributed by atoms with Gasteiger partial charge in [-0.2, -0.15) is 0 Å². The summed E-state index contributed by atoms with van der Waals surface area (Å²) in [7, 11) is 1.59. The molecule has 0 atom stereocenters. The first-order chi connectivity index (χ1) is 11.0. The van der Waals surface area contributed by atoms with Crippen LogP contribution >= 0.6 is 11.3 Å². The maximum Gasteiger partial charge on any atom is 0.268 e. The first kappa shape index (κ1) is 15.2. The third kappa shape index (κ3) is 3.22. The third-order valence-corrected chi connectivity index (χ3v) is 4.34. The van der Waals surface area contributed by atoms with Crippen LogP contribution in [-0.2, 0) is 7.05 Å². The van der Waals surface area contributed by atoms with Crippen LogP contribution in [0.2, 0.25) is 0 Å². The minimum Gasteiger partial charge on any atom is -0.461 e. The smallest absolute Gasteiger partial charge is 0.268 e. The Hall–Kier alpha value is -2.73. The molecule has 0 saturated carbocycles. The van der Waals surface area contributed by atoms with Gasteiger partial charge in [-0.1, -0.05) is 12.1 Å². The van der Waals surface area contributed by atoms with Crippen molar-refractivity contribution in [3.63, 3.8) is 0 Å². The standard InChI is InChI=1S/C17H12FNO3S/c1-19-16(10-13(20)14-6-3-7-22-14)23-15(17(19)21)9-11-4-2-5-12(18)8-11/h2-10H,1H3. The normalized spacial score (nSPS) is 12.8. The van der Waals surface area contributed by atoms with Crippen molar-refractivity contribution in [2.75, 3.05) is 0 Å². The Balaban J connectivity index is 2.09. The summed E-state index contributed by atoms with van der Waals surface area (Å²) in [5.74, 6) is -0.474. The molecule has 23 heavy (non-hydrogen) atoms. The fraction of sp³-hybridized carbons (Fsp3) is 0.0588. The van der Waals surface area contributed by atoms with Crippen molar-refractivity contribution in [2.45, 2.75) is 0 Å². The van der Waals surface area contributed by atoms with Crippen molar-refractivity contribution in [1.29, 1.82) is 0 Å². The summed E-state index contributed by atoms with van der Waals surface area (Å²) in [6.07, 6.45) is 4.37. The van der Waals surface area contributed by atoms with Crippen LogP contribution in [-0.4, -0.2) is 10.4 Å². The first-order valence-corrected chi connectivity index (χ1v) is 7.59. The monoisotopic (exact) mass is 329 g/mol. The maximum absolute atomic E-state index is 13.2. The molecule has 116 valence electrons. The minimum absolute atomic E-state index is 0.210. The van der Waals surface area contributed by atoms with Gasteiger partial charge in [-0.3, -0.25) is 9.59 Å². The summed E-state index contributed by atoms with van der Waals surface area (Å²) in [6, 6.07) is 9.15. The lowest BCUT2D eigenvalue weighted by Gasteiger charge is -1.90. The van der Waals surface area contributed by atoms with E-state index in [2.05, 4.69) is 0 Å². The first-order valence-electron chi connectivity index (χ1n) is 6.77. The highest BCUT2D eigenvalue weighted by molar-refractivity contribution is 7.07. The Morgan fingerprint density at radius 3 is 2.83 bits per heavy atom. The molecule has 0 N–H and O–H groups in total. The number of carbonyl (C=O) groups excluding carboxylic acids is 1. The minimum atomic E-state index is -0.369. The molecule has 0 spiro atoms. The topological polar surface area (TPSA) is 52.2 Å². The lowest BCUT2D eigenvalue weighted by atomic mass is 10.2. The quantitative estimate of drug-likeness (QED) is 0.687. The van der Waals surface area contributed by atoms with Crippen molar-refractivity contribution >= 4 is 29.3 Å². The summed E-state index contributed by atoms with van der Waals surface area (Å²) in [4.78, 5) is 24.3. The second-order valence-electron chi connectivity index (χ2n) is 4.85. The number of nitrogens with zero attached hydrogens (tertiary/aromatic N) is 1. The van der Waals surface area contributed by atoms with Crippen molar-refractivity contribution < 1.29 is 13.6 Å². The van der Waals surface area contributed by atoms with Gasteiger partial charge in [0.2, 0.25) is 5.78 Å². The molecule has 1 aromatic carbocycles. The molecule has 3 aromatic rings. The fourth-order valence-electron chi connectivity index (χ4n) is 2.06. The van der Waals surface area contributed by atoms with Crippen molar-refractivity contribution in [2.24, 2.45) is 7.05 Å². The van der Waals surface area contributed by atoms with Gasteiger partial charge in [-0.05, 0) is 35.9 Å². The number of hydrogen-bond acceptors (Lipinski definition) is 4. The Labute approximate surface area is 134 Å². The van der Waals surface area contributed by atoms with E-state index in [1.54, 1.807) is 37.4 Å². The number of furan rings is 1. The zero-order valence-corrected chi connectivity index (χ0v) is 13.0. The van der Waals surface area contributed by atoms with Crippen LogP contribution < -0.4 is 14.8 Å². The van der Waals surface area contributed by atoms with Gasteiger partial charge in [0.15, 0.2) is 5.76 Å². The van der Waals surface area contributed by atoms with Crippen LogP contribution in [0.1, 0.15) is 16.1 Å². The van der Waals surface area contributed by atoms with Gasteiger partial charge in [-0.25, -0.2) is 4.39 Å². The van der Waals surface area contributed by atoms with E-state index < -0.39 is 0 Å².